The van der Waals surface area contributed by atoms with Gasteiger partial charge in [-0.25, -0.2) is 4.57 Å². The zero-order valence-corrected chi connectivity index (χ0v) is 33.1. The van der Waals surface area contributed by atoms with E-state index in [9.17, 15) is 58.1 Å². The number of rotatable bonds is 26. The first-order chi connectivity index (χ1) is 25.5. The summed E-state index contributed by atoms with van der Waals surface area (Å²) in [5.41, 5.74) is 16.6. The topological polar surface area (TPSA) is 389 Å². The number of aldehydes is 1. The molecule has 25 heteroatoms. The highest BCUT2D eigenvalue weighted by molar-refractivity contribution is 7.80. The molecule has 0 heterocycles. The van der Waals surface area contributed by atoms with E-state index in [0.29, 0.717) is 6.42 Å². The maximum Gasteiger partial charge on any atom is 0.469 e. The Morgan fingerprint density at radius 3 is 1.78 bits per heavy atom. The molecule has 23 nitrogen and oxygen atoms in total. The van der Waals surface area contributed by atoms with Crippen molar-refractivity contribution in [1.82, 2.24) is 31.9 Å². The number of carbonyl (C=O) groups is 7. The highest BCUT2D eigenvalue weighted by atomic mass is 32.1. The van der Waals surface area contributed by atoms with Crippen LogP contribution < -0.4 is 49.1 Å². The van der Waals surface area contributed by atoms with E-state index in [-0.39, 0.29) is 37.6 Å². The number of amides is 6. The van der Waals surface area contributed by atoms with Crippen molar-refractivity contribution in [3.63, 3.8) is 0 Å². The summed E-state index contributed by atoms with van der Waals surface area (Å²) in [5, 5.41) is 33.4. The Balaban J connectivity index is 6.05. The van der Waals surface area contributed by atoms with Crippen molar-refractivity contribution in [2.24, 2.45) is 34.0 Å². The van der Waals surface area contributed by atoms with E-state index in [1.165, 1.54) is 20.8 Å². The quantitative estimate of drug-likeness (QED) is 0.00966. The van der Waals surface area contributed by atoms with Crippen LogP contribution in [0.1, 0.15) is 53.9 Å². The number of guanidine groups is 1. The van der Waals surface area contributed by atoms with Gasteiger partial charge in [-0.05, 0) is 38.0 Å². The largest absolute Gasteiger partial charge is 0.469 e. The van der Waals surface area contributed by atoms with Crippen LogP contribution in [0, 0.1) is 11.8 Å². The van der Waals surface area contributed by atoms with Gasteiger partial charge < -0.3 is 73.9 Å². The summed E-state index contributed by atoms with van der Waals surface area (Å²) in [6.07, 6.45) is -0.519. The second-order valence-electron chi connectivity index (χ2n) is 13.2. The molecule has 0 fully saturated rings. The summed E-state index contributed by atoms with van der Waals surface area (Å²) in [6, 6.07) is -10.1. The van der Waals surface area contributed by atoms with Crippen molar-refractivity contribution in [3.05, 3.63) is 0 Å². The van der Waals surface area contributed by atoms with E-state index in [2.05, 4.69) is 54.0 Å². The van der Waals surface area contributed by atoms with Gasteiger partial charge in [0.05, 0.1) is 25.4 Å². The number of aliphatic imine (C=N–C) groups is 1. The van der Waals surface area contributed by atoms with Crippen LogP contribution in [-0.2, 0) is 42.7 Å². The van der Waals surface area contributed by atoms with Gasteiger partial charge in [0.2, 0.25) is 35.4 Å². The van der Waals surface area contributed by atoms with Gasteiger partial charge in [0.25, 0.3) is 0 Å². The van der Waals surface area contributed by atoms with E-state index < -0.39 is 117 Å². The van der Waals surface area contributed by atoms with Crippen LogP contribution in [0.2, 0.25) is 0 Å². The van der Waals surface area contributed by atoms with Gasteiger partial charge in [-0.15, -0.1) is 0 Å². The number of carbonyl (C=O) groups excluding carboxylic acids is 7. The predicted octanol–water partition coefficient (Wildman–Crippen LogP) is -5.41. The van der Waals surface area contributed by atoms with E-state index >= 15 is 0 Å². The summed E-state index contributed by atoms with van der Waals surface area (Å²) in [6.45, 7) is 5.93. The first kappa shape index (κ1) is 51.1. The van der Waals surface area contributed by atoms with Gasteiger partial charge in [-0.3, -0.25) is 38.3 Å². The number of phosphoric acid groups is 1. The van der Waals surface area contributed by atoms with Gasteiger partial charge in [-0.2, -0.15) is 12.6 Å². The lowest BCUT2D eigenvalue weighted by atomic mass is 10.0. The molecule has 0 aliphatic heterocycles. The van der Waals surface area contributed by atoms with Gasteiger partial charge in [0.15, 0.2) is 5.96 Å². The lowest BCUT2D eigenvalue weighted by Crippen LogP contribution is -2.61. The molecule has 0 aromatic rings. The first-order valence-electron chi connectivity index (χ1n) is 17.2. The lowest BCUT2D eigenvalue weighted by molar-refractivity contribution is -0.136. The smallest absolute Gasteiger partial charge is 0.394 e. The lowest BCUT2D eigenvalue weighted by Gasteiger charge is -2.28. The zero-order valence-electron chi connectivity index (χ0n) is 31.3. The number of aliphatic hydroxyl groups is 2. The number of nitrogens with zero attached hydrogens (tertiary/aromatic N) is 1. The molecule has 0 unspecified atom stereocenters. The predicted molar refractivity (Wildman–Crippen MR) is 200 cm³/mol. The number of hydrogen-bond acceptors (Lipinski definition) is 14. The number of thiol groups is 1. The fraction of sp³-hybridized carbons (Fsp3) is 0.733. The number of hydrogen-bond donors (Lipinski definition) is 14. The Labute approximate surface area is 324 Å². The SMILES string of the molecule is CC(C)C[C@H](N)C(=O)N[C@@H](CCCN=C(N)N)C(=O)N[C@@H](CO)C(=O)N[C@@H](CS)C(=O)N[C@@H](COP(=O)(O)O)C(=O)N[C@H](C(=O)N[C@H](C=O)[C@@H](C)O)C(C)C. The highest BCUT2D eigenvalue weighted by Crippen LogP contribution is 2.35. The normalized spacial score (nSPS) is 15.9. The molecular weight excluding hydrogens is 771 g/mol. The minimum absolute atomic E-state index is 0.0120. The van der Waals surface area contributed by atoms with Crippen molar-refractivity contribution in [3.8, 4) is 0 Å². The second-order valence-corrected chi connectivity index (χ2v) is 14.8. The van der Waals surface area contributed by atoms with E-state index in [0.717, 1.165) is 0 Å². The van der Waals surface area contributed by atoms with Crippen LogP contribution in [0.4, 0.5) is 0 Å². The number of phosphoric ester groups is 1. The van der Waals surface area contributed by atoms with Crippen LogP contribution in [0.25, 0.3) is 0 Å². The maximum absolute atomic E-state index is 13.3. The Hall–Kier alpha value is -3.90. The molecule has 55 heavy (non-hydrogen) atoms. The molecule has 0 rings (SSSR count). The average molecular weight is 829 g/mol. The number of nitrogens with one attached hydrogen (secondary N) is 6. The molecule has 0 aliphatic carbocycles. The summed E-state index contributed by atoms with van der Waals surface area (Å²) in [5.74, 6) is -7.15. The van der Waals surface area contributed by atoms with Crippen LogP contribution in [0.3, 0.4) is 0 Å². The third kappa shape index (κ3) is 20.6. The Bertz CT molecular complexity index is 1380. The maximum atomic E-state index is 13.3. The molecule has 0 radical (unpaired) electrons. The number of aliphatic hydroxyl groups excluding tert-OH is 2. The fourth-order valence-electron chi connectivity index (χ4n) is 4.54. The second kappa shape index (κ2) is 25.3. The molecule has 0 bridgehead atoms. The summed E-state index contributed by atoms with van der Waals surface area (Å²) in [7, 11) is -5.22. The standard InChI is InChI=1S/C30H57N10O13PS/c1-14(2)9-17(31)24(44)35-18(7-6-8-34-30(32)33)25(45)37-20(11-42)26(46)39-22(13-55)28(48)38-21(12-53-54(50,51)52)27(47)40-23(15(3)4)29(49)36-19(10-41)16(5)43/h10,14-23,42-43,55H,6-9,11-13,31H2,1-5H3,(H,35,44)(H,36,49)(H,37,45)(H,38,48)(H,39,46)(H,40,47)(H4,32,33,34)(H2,50,51,52)/t16-,17+,18+,19-,20+,21+,22+,23+/m1/s1. The van der Waals surface area contributed by atoms with Crippen molar-refractivity contribution in [2.45, 2.75) is 102 Å². The van der Waals surface area contributed by atoms with Crippen LogP contribution in [0.15, 0.2) is 4.99 Å². The minimum Gasteiger partial charge on any atom is -0.394 e. The third-order valence-corrected chi connectivity index (χ3v) is 8.39. The van der Waals surface area contributed by atoms with Gasteiger partial charge in [-0.1, -0.05) is 27.7 Å². The molecule has 0 spiro atoms. The Morgan fingerprint density at radius 1 is 0.800 bits per heavy atom. The van der Waals surface area contributed by atoms with Crippen molar-refractivity contribution < 1.29 is 62.7 Å². The molecule has 316 valence electrons. The molecule has 8 atom stereocenters. The van der Waals surface area contributed by atoms with Gasteiger partial charge in [0, 0.05) is 12.3 Å². The molecule has 6 amide bonds. The van der Waals surface area contributed by atoms with Crippen molar-refractivity contribution in [2.75, 3.05) is 25.5 Å². The summed E-state index contributed by atoms with van der Waals surface area (Å²) in [4.78, 5) is 112. The monoisotopic (exact) mass is 828 g/mol. The van der Waals surface area contributed by atoms with Crippen LogP contribution in [-0.4, -0.2) is 142 Å². The van der Waals surface area contributed by atoms with Crippen LogP contribution in [0.5, 0.6) is 0 Å². The summed E-state index contributed by atoms with van der Waals surface area (Å²) >= 11 is 4.04. The zero-order chi connectivity index (χ0) is 42.6. The van der Waals surface area contributed by atoms with E-state index in [4.69, 9.17) is 17.2 Å². The molecular formula is C30H57N10O13PS. The molecule has 0 aromatic heterocycles. The molecule has 0 aliphatic rings. The first-order valence-corrected chi connectivity index (χ1v) is 19.3. The third-order valence-electron chi connectivity index (χ3n) is 7.54. The molecule has 0 saturated heterocycles. The fourth-order valence-corrected chi connectivity index (χ4v) is 5.14. The summed E-state index contributed by atoms with van der Waals surface area (Å²) < 4.78 is 15.9. The number of nitrogens with two attached hydrogens (primary N) is 3. The van der Waals surface area contributed by atoms with Crippen molar-refractivity contribution in [1.29, 1.82) is 0 Å². The molecule has 0 aromatic carbocycles. The average Bonchev–Trinajstić information content (AvgIpc) is 3.08. The molecule has 0 saturated carbocycles. The van der Waals surface area contributed by atoms with Gasteiger partial charge in [0.1, 0.15) is 42.5 Å². The van der Waals surface area contributed by atoms with E-state index in [1.54, 1.807) is 0 Å². The van der Waals surface area contributed by atoms with Crippen LogP contribution >= 0.6 is 20.5 Å². The van der Waals surface area contributed by atoms with E-state index in [1.807, 2.05) is 13.8 Å². The van der Waals surface area contributed by atoms with Crippen molar-refractivity contribution >= 4 is 68.1 Å². The Kier molecular flexibility index (Phi) is 23.5. The Morgan fingerprint density at radius 2 is 1.31 bits per heavy atom. The van der Waals surface area contributed by atoms with Gasteiger partial charge >= 0.3 is 7.82 Å². The molecule has 16 N–H and O–H groups in total. The highest BCUT2D eigenvalue weighted by Gasteiger charge is 2.35. The minimum atomic E-state index is -5.22.